The zero-order valence-corrected chi connectivity index (χ0v) is 11.2. The number of aryl methyl sites for hydroxylation is 1. The summed E-state index contributed by atoms with van der Waals surface area (Å²) in [6.45, 7) is 5.08. The second kappa shape index (κ2) is 8.07. The van der Waals surface area contributed by atoms with Gasteiger partial charge in [-0.05, 0) is 44.4 Å². The average molecular weight is 236 g/mol. The van der Waals surface area contributed by atoms with Crippen molar-refractivity contribution in [2.45, 2.75) is 45.6 Å². The summed E-state index contributed by atoms with van der Waals surface area (Å²) < 4.78 is 5.58. The molecule has 96 valence electrons. The first-order valence-corrected chi connectivity index (χ1v) is 6.54. The highest BCUT2D eigenvalue weighted by Gasteiger charge is 2.04. The van der Waals surface area contributed by atoms with Gasteiger partial charge in [-0.3, -0.25) is 4.98 Å². The summed E-state index contributed by atoms with van der Waals surface area (Å²) in [5.41, 5.74) is 1.26. The molecule has 0 aromatic carbocycles. The molecule has 1 atom stereocenters. The number of hydrogen-bond donors (Lipinski definition) is 1. The Morgan fingerprint density at radius 1 is 1.35 bits per heavy atom. The maximum atomic E-state index is 5.58. The lowest BCUT2D eigenvalue weighted by Crippen LogP contribution is -2.24. The van der Waals surface area contributed by atoms with Crippen molar-refractivity contribution in [1.29, 1.82) is 0 Å². The van der Waals surface area contributed by atoms with Crippen molar-refractivity contribution in [3.63, 3.8) is 0 Å². The Kier molecular flexibility index (Phi) is 6.63. The highest BCUT2D eigenvalue weighted by Crippen LogP contribution is 2.14. The van der Waals surface area contributed by atoms with Crippen molar-refractivity contribution in [2.24, 2.45) is 0 Å². The molecule has 0 aliphatic rings. The molecule has 0 amide bonds. The molecule has 0 aliphatic carbocycles. The fraction of sp³-hybridized carbons (Fsp3) is 0.643. The fourth-order valence-corrected chi connectivity index (χ4v) is 1.79. The van der Waals surface area contributed by atoms with Crippen LogP contribution in [0.25, 0.3) is 0 Å². The van der Waals surface area contributed by atoms with E-state index < -0.39 is 0 Å². The summed E-state index contributed by atoms with van der Waals surface area (Å²) in [5.74, 6) is 0.891. The van der Waals surface area contributed by atoms with Gasteiger partial charge in [0.25, 0.3) is 0 Å². The first-order chi connectivity index (χ1) is 8.30. The Balaban J connectivity index is 2.47. The first kappa shape index (κ1) is 14.0. The molecule has 0 spiro atoms. The van der Waals surface area contributed by atoms with Crippen LogP contribution in [-0.4, -0.2) is 24.7 Å². The minimum absolute atomic E-state index is 0.593. The van der Waals surface area contributed by atoms with E-state index in [2.05, 4.69) is 30.2 Å². The molecular formula is C14H24N2O. The quantitative estimate of drug-likeness (QED) is 0.753. The van der Waals surface area contributed by atoms with Crippen LogP contribution >= 0.6 is 0 Å². The van der Waals surface area contributed by atoms with Crippen LogP contribution in [0.15, 0.2) is 18.5 Å². The van der Waals surface area contributed by atoms with Gasteiger partial charge >= 0.3 is 0 Å². The predicted molar refractivity (Wildman–Crippen MR) is 71.5 cm³/mol. The Hall–Kier alpha value is -1.09. The summed E-state index contributed by atoms with van der Waals surface area (Å²) in [6, 6.07) is 2.70. The maximum absolute atomic E-state index is 5.58. The number of aromatic nitrogens is 1. The fourth-order valence-electron chi connectivity index (χ4n) is 1.79. The standard InChI is InChI=1S/C14H24N2O/c1-4-8-17-14-9-12(10-16-11-14)6-7-13(5-2)15-3/h9-11,13,15H,4-8H2,1-3H3. The van der Waals surface area contributed by atoms with E-state index in [1.54, 1.807) is 6.20 Å². The Labute approximate surface area is 105 Å². The van der Waals surface area contributed by atoms with Gasteiger partial charge in [0.1, 0.15) is 5.75 Å². The molecule has 17 heavy (non-hydrogen) atoms. The first-order valence-electron chi connectivity index (χ1n) is 6.54. The minimum atomic E-state index is 0.593. The summed E-state index contributed by atoms with van der Waals surface area (Å²) >= 11 is 0. The van der Waals surface area contributed by atoms with Gasteiger partial charge in [-0.1, -0.05) is 13.8 Å². The summed E-state index contributed by atoms with van der Waals surface area (Å²) in [7, 11) is 2.02. The normalized spacial score (nSPS) is 12.4. The van der Waals surface area contributed by atoms with Crippen LogP contribution in [0, 0.1) is 0 Å². The van der Waals surface area contributed by atoms with Gasteiger partial charge in [-0.15, -0.1) is 0 Å². The second-order valence-corrected chi connectivity index (χ2v) is 4.31. The third-order valence-corrected chi connectivity index (χ3v) is 2.93. The molecule has 1 unspecified atom stereocenters. The van der Waals surface area contributed by atoms with Crippen LogP contribution in [0.4, 0.5) is 0 Å². The molecular weight excluding hydrogens is 212 g/mol. The maximum Gasteiger partial charge on any atom is 0.137 e. The highest BCUT2D eigenvalue weighted by molar-refractivity contribution is 5.23. The number of ether oxygens (including phenoxy) is 1. The zero-order chi connectivity index (χ0) is 12.5. The predicted octanol–water partition coefficient (Wildman–Crippen LogP) is 2.80. The SMILES string of the molecule is CCCOc1cncc(CCC(CC)NC)c1. The van der Waals surface area contributed by atoms with E-state index in [4.69, 9.17) is 4.74 Å². The van der Waals surface area contributed by atoms with E-state index >= 15 is 0 Å². The lowest BCUT2D eigenvalue weighted by Gasteiger charge is -2.13. The van der Waals surface area contributed by atoms with E-state index in [1.165, 1.54) is 5.56 Å². The van der Waals surface area contributed by atoms with Crippen LogP contribution in [0.2, 0.25) is 0 Å². The monoisotopic (exact) mass is 236 g/mol. The highest BCUT2D eigenvalue weighted by atomic mass is 16.5. The number of hydrogen-bond acceptors (Lipinski definition) is 3. The molecule has 1 heterocycles. The van der Waals surface area contributed by atoms with Crippen molar-refractivity contribution in [1.82, 2.24) is 10.3 Å². The van der Waals surface area contributed by atoms with E-state index in [9.17, 15) is 0 Å². The molecule has 1 aromatic heterocycles. The number of pyridine rings is 1. The van der Waals surface area contributed by atoms with Crippen LogP contribution in [0.1, 0.15) is 38.7 Å². The van der Waals surface area contributed by atoms with E-state index in [0.717, 1.165) is 38.0 Å². The molecule has 1 rings (SSSR count). The average Bonchev–Trinajstić information content (AvgIpc) is 2.38. The van der Waals surface area contributed by atoms with Crippen LogP contribution < -0.4 is 10.1 Å². The summed E-state index contributed by atoms with van der Waals surface area (Å²) in [5, 5.41) is 3.32. The number of rotatable bonds is 8. The molecule has 0 aliphatic heterocycles. The van der Waals surface area contributed by atoms with E-state index in [0.29, 0.717) is 6.04 Å². The van der Waals surface area contributed by atoms with Crippen molar-refractivity contribution >= 4 is 0 Å². The largest absolute Gasteiger partial charge is 0.492 e. The van der Waals surface area contributed by atoms with Crippen molar-refractivity contribution in [2.75, 3.05) is 13.7 Å². The minimum Gasteiger partial charge on any atom is -0.492 e. The Morgan fingerprint density at radius 3 is 2.82 bits per heavy atom. The molecule has 0 saturated carbocycles. The summed E-state index contributed by atoms with van der Waals surface area (Å²) in [4.78, 5) is 4.22. The Bertz CT molecular complexity index is 311. The van der Waals surface area contributed by atoms with Gasteiger partial charge in [-0.25, -0.2) is 0 Å². The molecule has 0 fully saturated rings. The molecule has 3 heteroatoms. The molecule has 0 radical (unpaired) electrons. The molecule has 3 nitrogen and oxygen atoms in total. The topological polar surface area (TPSA) is 34.1 Å². The lowest BCUT2D eigenvalue weighted by molar-refractivity contribution is 0.316. The molecule has 1 N–H and O–H groups in total. The lowest BCUT2D eigenvalue weighted by atomic mass is 10.1. The van der Waals surface area contributed by atoms with E-state index in [1.807, 2.05) is 13.2 Å². The van der Waals surface area contributed by atoms with Gasteiger partial charge < -0.3 is 10.1 Å². The third kappa shape index (κ3) is 5.18. The Morgan fingerprint density at radius 2 is 2.18 bits per heavy atom. The van der Waals surface area contributed by atoms with E-state index in [-0.39, 0.29) is 0 Å². The molecule has 1 aromatic rings. The van der Waals surface area contributed by atoms with Gasteiger partial charge in [-0.2, -0.15) is 0 Å². The molecule has 0 bridgehead atoms. The van der Waals surface area contributed by atoms with Gasteiger partial charge in [0.2, 0.25) is 0 Å². The van der Waals surface area contributed by atoms with Crippen molar-refractivity contribution < 1.29 is 4.74 Å². The second-order valence-electron chi connectivity index (χ2n) is 4.31. The van der Waals surface area contributed by atoms with Crippen LogP contribution in [0.5, 0.6) is 5.75 Å². The van der Waals surface area contributed by atoms with Crippen molar-refractivity contribution in [3.8, 4) is 5.75 Å². The van der Waals surface area contributed by atoms with Crippen molar-refractivity contribution in [3.05, 3.63) is 24.0 Å². The number of nitrogens with one attached hydrogen (secondary N) is 1. The third-order valence-electron chi connectivity index (χ3n) is 2.93. The summed E-state index contributed by atoms with van der Waals surface area (Å²) in [6.07, 6.45) is 8.11. The molecule has 0 saturated heterocycles. The van der Waals surface area contributed by atoms with Gasteiger partial charge in [0, 0.05) is 12.2 Å². The van der Waals surface area contributed by atoms with Gasteiger partial charge in [0.05, 0.1) is 12.8 Å². The zero-order valence-electron chi connectivity index (χ0n) is 11.2. The number of nitrogens with zero attached hydrogens (tertiary/aromatic N) is 1. The smallest absolute Gasteiger partial charge is 0.137 e. The van der Waals surface area contributed by atoms with Gasteiger partial charge in [0.15, 0.2) is 0 Å². The van der Waals surface area contributed by atoms with Crippen LogP contribution in [-0.2, 0) is 6.42 Å². The van der Waals surface area contributed by atoms with Crippen LogP contribution in [0.3, 0.4) is 0 Å².